The number of benzene rings is 2. The minimum atomic E-state index is -3.67. The van der Waals surface area contributed by atoms with Gasteiger partial charge in [0.25, 0.3) is 10.0 Å². The zero-order valence-electron chi connectivity index (χ0n) is 14.4. The lowest BCUT2D eigenvalue weighted by Gasteiger charge is -2.06. The van der Waals surface area contributed by atoms with E-state index in [4.69, 9.17) is 16.7 Å². The van der Waals surface area contributed by atoms with Crippen molar-refractivity contribution in [2.45, 2.75) is 24.7 Å². The molecular weight excluding hydrogens is 370 g/mol. The molecule has 0 aliphatic carbocycles. The summed E-state index contributed by atoms with van der Waals surface area (Å²) in [7, 11) is -3.67. The molecule has 4 nitrogen and oxygen atoms in total. The van der Waals surface area contributed by atoms with Crippen LogP contribution in [-0.4, -0.2) is 24.1 Å². The lowest BCUT2D eigenvalue weighted by Crippen LogP contribution is -2.10. The predicted molar refractivity (Wildman–Crippen MR) is 104 cm³/mol. The third-order valence-electron chi connectivity index (χ3n) is 4.24. The maximum absolute atomic E-state index is 13.0. The average Bonchev–Trinajstić information content (AvgIpc) is 3.06. The van der Waals surface area contributed by atoms with Gasteiger partial charge in [0.05, 0.1) is 4.90 Å². The maximum atomic E-state index is 13.0. The third kappa shape index (κ3) is 3.85. The fourth-order valence-corrected chi connectivity index (χ4v) is 4.16. The van der Waals surface area contributed by atoms with E-state index in [1.165, 1.54) is 3.97 Å². The van der Waals surface area contributed by atoms with Crippen molar-refractivity contribution < 1.29 is 13.5 Å². The molecule has 0 radical (unpaired) electrons. The molecular formula is C20H20ClNO3S. The van der Waals surface area contributed by atoms with Crippen molar-refractivity contribution in [3.63, 3.8) is 0 Å². The number of aliphatic hydroxyl groups excluding tert-OH is 1. The number of rotatable bonds is 6. The summed E-state index contributed by atoms with van der Waals surface area (Å²) in [6, 6.07) is 14.1. The van der Waals surface area contributed by atoms with Gasteiger partial charge in [0.2, 0.25) is 0 Å². The molecule has 2 aromatic carbocycles. The summed E-state index contributed by atoms with van der Waals surface area (Å²) >= 11 is 5.96. The normalized spacial score (nSPS) is 11.7. The van der Waals surface area contributed by atoms with Crippen LogP contribution in [0.1, 0.15) is 17.5 Å². The number of nitrogens with zero attached hydrogens (tertiary/aromatic N) is 1. The quantitative estimate of drug-likeness (QED) is 0.684. The van der Waals surface area contributed by atoms with Crippen LogP contribution < -0.4 is 0 Å². The number of hydrogen-bond donors (Lipinski definition) is 1. The second kappa shape index (κ2) is 7.66. The zero-order chi connectivity index (χ0) is 18.7. The first kappa shape index (κ1) is 18.7. The Hall–Kier alpha value is -2.08. The maximum Gasteiger partial charge on any atom is 0.267 e. The smallest absolute Gasteiger partial charge is 0.267 e. The topological polar surface area (TPSA) is 59.3 Å². The Morgan fingerprint density at radius 1 is 1.00 bits per heavy atom. The lowest BCUT2D eigenvalue weighted by molar-refractivity contribution is 0.288. The van der Waals surface area contributed by atoms with Crippen LogP contribution in [0.4, 0.5) is 0 Å². The molecule has 1 heterocycles. The first-order valence-corrected chi connectivity index (χ1v) is 10.1. The van der Waals surface area contributed by atoms with Gasteiger partial charge in [0.15, 0.2) is 0 Å². The Labute approximate surface area is 158 Å². The van der Waals surface area contributed by atoms with Gasteiger partial charge in [-0.3, -0.25) is 0 Å². The Morgan fingerprint density at radius 2 is 1.65 bits per heavy atom. The van der Waals surface area contributed by atoms with Crippen LogP contribution in [0.2, 0.25) is 5.02 Å². The highest BCUT2D eigenvalue weighted by atomic mass is 35.5. The summed E-state index contributed by atoms with van der Waals surface area (Å²) in [5.41, 5.74) is 3.59. The van der Waals surface area contributed by atoms with Crippen LogP contribution >= 0.6 is 11.6 Å². The first-order chi connectivity index (χ1) is 12.4. The van der Waals surface area contributed by atoms with Gasteiger partial charge in [-0.15, -0.1) is 0 Å². The second-order valence-electron chi connectivity index (χ2n) is 6.18. The molecule has 0 aliphatic rings. The molecule has 6 heteroatoms. The number of halogens is 1. The molecule has 0 aliphatic heterocycles. The summed E-state index contributed by atoms with van der Waals surface area (Å²) in [4.78, 5) is 0.245. The summed E-state index contributed by atoms with van der Waals surface area (Å²) < 4.78 is 27.2. The minimum absolute atomic E-state index is 0.0515. The van der Waals surface area contributed by atoms with Crippen molar-refractivity contribution in [3.8, 4) is 11.1 Å². The Kier molecular flexibility index (Phi) is 5.51. The standard InChI is InChI=1S/C20H20ClNO3S/c1-15-4-10-19(11-5-15)26(24,25)22-13-17(3-2-12-23)20(14-22)16-6-8-18(21)9-7-16/h4-11,13-14,23H,2-3,12H2,1H3. The van der Waals surface area contributed by atoms with Crippen LogP contribution in [0.3, 0.4) is 0 Å². The predicted octanol–water partition coefficient (Wildman–Crippen LogP) is 4.28. The highest BCUT2D eigenvalue weighted by molar-refractivity contribution is 7.90. The number of aromatic nitrogens is 1. The zero-order valence-corrected chi connectivity index (χ0v) is 16.0. The SMILES string of the molecule is Cc1ccc(S(=O)(=O)n2cc(CCCO)c(-c3ccc(Cl)cc3)c2)cc1. The van der Waals surface area contributed by atoms with Crippen LogP contribution in [0, 0.1) is 6.92 Å². The van der Waals surface area contributed by atoms with E-state index in [1.807, 2.05) is 19.1 Å². The van der Waals surface area contributed by atoms with Crippen LogP contribution in [0.15, 0.2) is 65.8 Å². The molecule has 0 atom stereocenters. The highest BCUT2D eigenvalue weighted by Crippen LogP contribution is 2.29. The van der Waals surface area contributed by atoms with E-state index in [0.29, 0.717) is 17.9 Å². The largest absolute Gasteiger partial charge is 0.396 e. The molecule has 0 spiro atoms. The first-order valence-electron chi connectivity index (χ1n) is 8.32. The summed E-state index contributed by atoms with van der Waals surface area (Å²) in [5, 5.41) is 9.78. The Balaban J connectivity index is 2.08. The lowest BCUT2D eigenvalue weighted by atomic mass is 10.0. The molecule has 0 saturated carbocycles. The van der Waals surface area contributed by atoms with Gasteiger partial charge in [-0.05, 0) is 55.2 Å². The average molecular weight is 390 g/mol. The van der Waals surface area contributed by atoms with Crippen LogP contribution in [-0.2, 0) is 16.4 Å². The van der Waals surface area contributed by atoms with E-state index < -0.39 is 10.0 Å². The van der Waals surface area contributed by atoms with Gasteiger partial charge < -0.3 is 5.11 Å². The van der Waals surface area contributed by atoms with Gasteiger partial charge in [-0.25, -0.2) is 12.4 Å². The number of hydrogen-bond acceptors (Lipinski definition) is 3. The molecule has 3 aromatic rings. The van der Waals surface area contributed by atoms with Crippen LogP contribution in [0.5, 0.6) is 0 Å². The molecule has 0 bridgehead atoms. The summed E-state index contributed by atoms with van der Waals surface area (Å²) in [6.07, 6.45) is 4.42. The molecule has 0 fully saturated rings. The number of aliphatic hydroxyl groups is 1. The van der Waals surface area contributed by atoms with E-state index in [9.17, 15) is 8.42 Å². The van der Waals surface area contributed by atoms with Gasteiger partial charge >= 0.3 is 0 Å². The van der Waals surface area contributed by atoms with Crippen molar-refractivity contribution >= 4 is 21.6 Å². The Morgan fingerprint density at radius 3 is 2.27 bits per heavy atom. The minimum Gasteiger partial charge on any atom is -0.396 e. The molecule has 0 amide bonds. The van der Waals surface area contributed by atoms with Crippen LogP contribution in [0.25, 0.3) is 11.1 Å². The molecule has 3 rings (SSSR count). The van der Waals surface area contributed by atoms with Gasteiger partial charge in [0, 0.05) is 29.6 Å². The van der Waals surface area contributed by atoms with E-state index >= 15 is 0 Å². The molecule has 0 unspecified atom stereocenters. The summed E-state index contributed by atoms with van der Waals surface area (Å²) in [5.74, 6) is 0. The van der Waals surface area contributed by atoms with Crippen molar-refractivity contribution in [3.05, 3.63) is 77.1 Å². The van der Waals surface area contributed by atoms with E-state index in [1.54, 1.807) is 48.8 Å². The van der Waals surface area contributed by atoms with Gasteiger partial charge in [-0.1, -0.05) is 41.4 Å². The van der Waals surface area contributed by atoms with E-state index in [-0.39, 0.29) is 11.5 Å². The third-order valence-corrected chi connectivity index (χ3v) is 6.13. The monoisotopic (exact) mass is 389 g/mol. The fourth-order valence-electron chi connectivity index (χ4n) is 2.80. The molecule has 0 saturated heterocycles. The Bertz CT molecular complexity index is 991. The van der Waals surface area contributed by atoms with Gasteiger partial charge in [0.1, 0.15) is 0 Å². The second-order valence-corrected chi connectivity index (χ2v) is 8.46. The molecule has 26 heavy (non-hydrogen) atoms. The van der Waals surface area contributed by atoms with Crippen molar-refractivity contribution in [2.24, 2.45) is 0 Å². The van der Waals surface area contributed by atoms with E-state index in [2.05, 4.69) is 0 Å². The van der Waals surface area contributed by atoms with Crippen molar-refractivity contribution in [1.82, 2.24) is 3.97 Å². The van der Waals surface area contributed by atoms with E-state index in [0.717, 1.165) is 22.3 Å². The summed E-state index contributed by atoms with van der Waals surface area (Å²) in [6.45, 7) is 1.97. The van der Waals surface area contributed by atoms with Crippen molar-refractivity contribution in [1.29, 1.82) is 0 Å². The molecule has 1 aromatic heterocycles. The highest BCUT2D eigenvalue weighted by Gasteiger charge is 2.19. The molecule has 136 valence electrons. The van der Waals surface area contributed by atoms with Gasteiger partial charge in [-0.2, -0.15) is 0 Å². The molecule has 1 N–H and O–H groups in total. The fraction of sp³-hybridized carbons (Fsp3) is 0.200. The van der Waals surface area contributed by atoms with Crippen molar-refractivity contribution in [2.75, 3.05) is 6.61 Å². The number of aryl methyl sites for hydroxylation is 2.